The maximum absolute atomic E-state index is 11.9. The van der Waals surface area contributed by atoms with Gasteiger partial charge in [-0.05, 0) is 66.4 Å². The van der Waals surface area contributed by atoms with E-state index in [1.165, 1.54) is 0 Å². The third-order valence-corrected chi connectivity index (χ3v) is 7.45. The third-order valence-electron chi connectivity index (χ3n) is 5.79. The van der Waals surface area contributed by atoms with Gasteiger partial charge in [0.2, 0.25) is 5.91 Å². The number of nitrogens with two attached hydrogens (primary N) is 1. The quantitative estimate of drug-likeness (QED) is 0.846. The van der Waals surface area contributed by atoms with Crippen molar-refractivity contribution in [3.05, 3.63) is 41.0 Å². The lowest BCUT2D eigenvalue weighted by Crippen LogP contribution is -2.37. The van der Waals surface area contributed by atoms with Gasteiger partial charge in [-0.3, -0.25) is 4.79 Å². The standard InChI is InChI=1S/C20H27NO4S/c1-19(2)7-5-14(6-8-19)17-13-15(3-4-16(17)18(21)22)20(23)9-11-26(24,25)12-10-20/h3-5,13,23H,6-12H2,1-2H3,(H2,21,22). The van der Waals surface area contributed by atoms with E-state index in [0.717, 1.165) is 30.4 Å². The number of benzene rings is 1. The van der Waals surface area contributed by atoms with Gasteiger partial charge < -0.3 is 10.8 Å². The van der Waals surface area contributed by atoms with Crippen molar-refractivity contribution >= 4 is 21.3 Å². The van der Waals surface area contributed by atoms with Gasteiger partial charge in [0.15, 0.2) is 9.84 Å². The van der Waals surface area contributed by atoms with E-state index >= 15 is 0 Å². The van der Waals surface area contributed by atoms with E-state index in [0.29, 0.717) is 11.1 Å². The molecule has 0 spiro atoms. The summed E-state index contributed by atoms with van der Waals surface area (Å²) in [6.45, 7) is 4.44. The number of rotatable bonds is 3. The summed E-state index contributed by atoms with van der Waals surface area (Å²) in [5.74, 6) is -0.531. The zero-order valence-electron chi connectivity index (χ0n) is 15.4. The molecule has 1 aliphatic carbocycles. The smallest absolute Gasteiger partial charge is 0.249 e. The molecule has 0 atom stereocenters. The fourth-order valence-electron chi connectivity index (χ4n) is 3.80. The minimum Gasteiger partial charge on any atom is -0.385 e. The molecule has 1 aromatic rings. The van der Waals surface area contributed by atoms with Crippen LogP contribution in [-0.4, -0.2) is 30.9 Å². The Labute approximate surface area is 155 Å². The van der Waals surface area contributed by atoms with Gasteiger partial charge in [0, 0.05) is 5.56 Å². The number of carbonyl (C=O) groups is 1. The van der Waals surface area contributed by atoms with Crippen molar-refractivity contribution in [1.29, 1.82) is 0 Å². The highest BCUT2D eigenvalue weighted by molar-refractivity contribution is 7.91. The molecule has 26 heavy (non-hydrogen) atoms. The molecule has 0 aromatic heterocycles. The van der Waals surface area contributed by atoms with Gasteiger partial charge in [0.05, 0.1) is 17.1 Å². The highest BCUT2D eigenvalue weighted by Crippen LogP contribution is 2.41. The van der Waals surface area contributed by atoms with E-state index in [2.05, 4.69) is 19.9 Å². The topological polar surface area (TPSA) is 97.5 Å². The number of carbonyl (C=O) groups excluding carboxylic acids is 1. The second-order valence-electron chi connectivity index (χ2n) is 8.41. The van der Waals surface area contributed by atoms with Gasteiger partial charge in [-0.2, -0.15) is 0 Å². The number of allylic oxidation sites excluding steroid dienone is 2. The van der Waals surface area contributed by atoms with Gasteiger partial charge in [0.25, 0.3) is 0 Å². The SMILES string of the molecule is CC1(C)CC=C(c2cc(C3(O)CCS(=O)(=O)CC3)ccc2C(N)=O)CC1. The molecule has 0 bridgehead atoms. The molecule has 1 saturated heterocycles. The lowest BCUT2D eigenvalue weighted by atomic mass is 9.75. The fraction of sp³-hybridized carbons (Fsp3) is 0.550. The maximum Gasteiger partial charge on any atom is 0.249 e. The first-order valence-corrected chi connectivity index (χ1v) is 10.9. The average Bonchev–Trinajstić information content (AvgIpc) is 2.57. The van der Waals surface area contributed by atoms with Crippen LogP contribution in [0.4, 0.5) is 0 Å². The van der Waals surface area contributed by atoms with Crippen LogP contribution in [-0.2, 0) is 15.4 Å². The van der Waals surface area contributed by atoms with Crippen molar-refractivity contribution < 1.29 is 18.3 Å². The molecular weight excluding hydrogens is 350 g/mol. The monoisotopic (exact) mass is 377 g/mol. The molecule has 2 aliphatic rings. The molecule has 0 unspecified atom stereocenters. The molecule has 1 amide bonds. The van der Waals surface area contributed by atoms with Gasteiger partial charge in [0.1, 0.15) is 0 Å². The van der Waals surface area contributed by atoms with Crippen LogP contribution in [0.2, 0.25) is 0 Å². The van der Waals surface area contributed by atoms with Crippen molar-refractivity contribution in [2.24, 2.45) is 11.1 Å². The first-order chi connectivity index (χ1) is 12.0. The minimum atomic E-state index is -3.07. The highest BCUT2D eigenvalue weighted by atomic mass is 32.2. The second kappa shape index (κ2) is 6.50. The zero-order valence-corrected chi connectivity index (χ0v) is 16.2. The van der Waals surface area contributed by atoms with Crippen molar-refractivity contribution in [3.8, 4) is 0 Å². The van der Waals surface area contributed by atoms with Crippen LogP contribution in [0.25, 0.3) is 5.57 Å². The summed E-state index contributed by atoms with van der Waals surface area (Å²) < 4.78 is 23.4. The van der Waals surface area contributed by atoms with Gasteiger partial charge >= 0.3 is 0 Å². The second-order valence-corrected chi connectivity index (χ2v) is 10.7. The van der Waals surface area contributed by atoms with Crippen LogP contribution >= 0.6 is 0 Å². The number of hydrogen-bond acceptors (Lipinski definition) is 4. The van der Waals surface area contributed by atoms with E-state index in [1.54, 1.807) is 12.1 Å². The Bertz CT molecular complexity index is 854. The number of hydrogen-bond donors (Lipinski definition) is 2. The van der Waals surface area contributed by atoms with E-state index < -0.39 is 21.3 Å². The normalized spacial score (nSPS) is 23.9. The van der Waals surface area contributed by atoms with Crippen LogP contribution in [0.15, 0.2) is 24.3 Å². The molecule has 0 radical (unpaired) electrons. The summed E-state index contributed by atoms with van der Waals surface area (Å²) >= 11 is 0. The predicted octanol–water partition coefficient (Wildman–Crippen LogP) is 2.78. The fourth-order valence-corrected chi connectivity index (χ4v) is 5.30. The van der Waals surface area contributed by atoms with Crippen LogP contribution < -0.4 is 5.73 Å². The first kappa shape index (κ1) is 19.1. The lowest BCUT2D eigenvalue weighted by molar-refractivity contribution is 0.0263. The summed E-state index contributed by atoms with van der Waals surface area (Å²) in [5.41, 5.74) is 7.59. The van der Waals surface area contributed by atoms with E-state index in [9.17, 15) is 18.3 Å². The van der Waals surface area contributed by atoms with Crippen LogP contribution in [0.5, 0.6) is 0 Å². The zero-order chi connectivity index (χ0) is 19.2. The summed E-state index contributed by atoms with van der Waals surface area (Å²) in [7, 11) is -3.07. The number of sulfone groups is 1. The summed E-state index contributed by atoms with van der Waals surface area (Å²) in [6, 6.07) is 5.20. The molecule has 1 heterocycles. The Balaban J connectivity index is 2.00. The van der Waals surface area contributed by atoms with E-state index in [4.69, 9.17) is 5.73 Å². The first-order valence-electron chi connectivity index (χ1n) is 9.08. The molecule has 1 aliphatic heterocycles. The van der Waals surface area contributed by atoms with Gasteiger partial charge in [-0.15, -0.1) is 0 Å². The van der Waals surface area contributed by atoms with E-state index in [-0.39, 0.29) is 29.8 Å². The number of primary amides is 1. The Morgan fingerprint density at radius 3 is 2.35 bits per heavy atom. The number of aliphatic hydroxyl groups is 1. The summed E-state index contributed by atoms with van der Waals surface area (Å²) in [5, 5.41) is 11.0. The van der Waals surface area contributed by atoms with E-state index in [1.807, 2.05) is 6.07 Å². The van der Waals surface area contributed by atoms with Crippen molar-refractivity contribution in [2.45, 2.75) is 51.6 Å². The molecule has 1 fully saturated rings. The Kier molecular flexibility index (Phi) is 4.78. The van der Waals surface area contributed by atoms with Crippen molar-refractivity contribution in [2.75, 3.05) is 11.5 Å². The van der Waals surface area contributed by atoms with Crippen LogP contribution in [0.1, 0.15) is 67.4 Å². The van der Waals surface area contributed by atoms with Crippen molar-refractivity contribution in [3.63, 3.8) is 0 Å². The summed E-state index contributed by atoms with van der Waals surface area (Å²) in [4.78, 5) is 11.9. The molecule has 142 valence electrons. The Morgan fingerprint density at radius 2 is 1.81 bits per heavy atom. The van der Waals surface area contributed by atoms with Crippen molar-refractivity contribution in [1.82, 2.24) is 0 Å². The molecule has 5 nitrogen and oxygen atoms in total. The minimum absolute atomic E-state index is 0.0205. The molecule has 3 N–H and O–H groups in total. The van der Waals surface area contributed by atoms with Crippen LogP contribution in [0.3, 0.4) is 0 Å². The highest BCUT2D eigenvalue weighted by Gasteiger charge is 2.37. The van der Waals surface area contributed by atoms with Gasteiger partial charge in [-0.25, -0.2) is 8.42 Å². The van der Waals surface area contributed by atoms with Gasteiger partial charge in [-0.1, -0.05) is 26.0 Å². The Morgan fingerprint density at radius 1 is 1.15 bits per heavy atom. The molecule has 6 heteroatoms. The largest absolute Gasteiger partial charge is 0.385 e. The lowest BCUT2D eigenvalue weighted by Gasteiger charge is -2.33. The third kappa shape index (κ3) is 3.86. The van der Waals surface area contributed by atoms with Crippen LogP contribution in [0, 0.1) is 5.41 Å². The maximum atomic E-state index is 11.9. The molecule has 1 aromatic carbocycles. The predicted molar refractivity (Wildman–Crippen MR) is 102 cm³/mol. The molecule has 0 saturated carbocycles. The Hall–Kier alpha value is -1.66. The number of amides is 1. The molecule has 3 rings (SSSR count). The average molecular weight is 378 g/mol. The molecular formula is C20H27NO4S. The summed E-state index contributed by atoms with van der Waals surface area (Å²) in [6.07, 6.45) is 5.30.